The summed E-state index contributed by atoms with van der Waals surface area (Å²) in [5.41, 5.74) is 1.51. The lowest BCUT2D eigenvalue weighted by atomic mass is 9.97. The van der Waals surface area contributed by atoms with Gasteiger partial charge >= 0.3 is 12.0 Å². The van der Waals surface area contributed by atoms with Crippen molar-refractivity contribution in [3.8, 4) is 5.75 Å². The summed E-state index contributed by atoms with van der Waals surface area (Å²) < 4.78 is 5.20. The first kappa shape index (κ1) is 15.7. The summed E-state index contributed by atoms with van der Waals surface area (Å²) in [6.07, 6.45) is 0. The summed E-state index contributed by atoms with van der Waals surface area (Å²) in [4.78, 5) is 25.7. The van der Waals surface area contributed by atoms with E-state index < -0.39 is 5.97 Å². The molecule has 1 atom stereocenters. The number of aromatic nitrogens is 1. The number of carbonyl (C=O) groups excluding carboxylic acids is 1. The monoisotopic (exact) mass is 305 g/mol. The van der Waals surface area contributed by atoms with Crippen molar-refractivity contribution in [1.82, 2.24) is 15.6 Å². The number of hydrogen-bond donors (Lipinski definition) is 4. The summed E-state index contributed by atoms with van der Waals surface area (Å²) in [5.74, 6) is -0.558. The number of carboxylic acid groups (broad SMARTS) is 1. The number of hydrogen-bond acceptors (Lipinski definition) is 3. The molecule has 1 unspecified atom stereocenters. The molecule has 0 bridgehead atoms. The normalized spacial score (nSPS) is 12.0. The van der Waals surface area contributed by atoms with Crippen LogP contribution in [0.4, 0.5) is 4.79 Å². The van der Waals surface area contributed by atoms with Gasteiger partial charge in [-0.15, -0.1) is 0 Å². The van der Waals surface area contributed by atoms with Crippen LogP contribution in [0.1, 0.15) is 28.9 Å². The highest BCUT2D eigenvalue weighted by atomic mass is 16.5. The van der Waals surface area contributed by atoms with E-state index in [4.69, 9.17) is 4.74 Å². The molecule has 118 valence electrons. The molecule has 0 aliphatic rings. The zero-order chi connectivity index (χ0) is 16.3. The Kier molecular flexibility index (Phi) is 4.55. The highest BCUT2D eigenvalue weighted by Crippen LogP contribution is 2.31. The molecule has 0 radical (unpaired) electrons. The second-order valence-electron chi connectivity index (χ2n) is 4.99. The predicted molar refractivity (Wildman–Crippen MR) is 82.7 cm³/mol. The number of aromatic amines is 1. The average Bonchev–Trinajstić information content (AvgIpc) is 2.90. The lowest BCUT2D eigenvalue weighted by Crippen LogP contribution is -2.35. The minimum Gasteiger partial charge on any atom is -0.497 e. The van der Waals surface area contributed by atoms with Crippen molar-refractivity contribution >= 4 is 22.9 Å². The molecule has 4 N–H and O–H groups in total. The number of ether oxygens (including phenoxy) is 1. The van der Waals surface area contributed by atoms with Crippen molar-refractivity contribution in [1.29, 1.82) is 0 Å². The van der Waals surface area contributed by atoms with Gasteiger partial charge in [-0.2, -0.15) is 0 Å². The van der Waals surface area contributed by atoms with Gasteiger partial charge in [-0.3, -0.25) is 0 Å². The topological polar surface area (TPSA) is 103 Å². The average molecular weight is 305 g/mol. The first-order valence-corrected chi connectivity index (χ1v) is 6.86. The van der Waals surface area contributed by atoms with Crippen LogP contribution in [0.2, 0.25) is 0 Å². The van der Waals surface area contributed by atoms with Gasteiger partial charge in [-0.25, -0.2) is 9.59 Å². The van der Waals surface area contributed by atoms with Crippen LogP contribution in [0.25, 0.3) is 10.9 Å². The highest BCUT2D eigenvalue weighted by Gasteiger charge is 2.22. The molecule has 0 fully saturated rings. The highest BCUT2D eigenvalue weighted by molar-refractivity contribution is 5.98. The summed E-state index contributed by atoms with van der Waals surface area (Å²) in [6.45, 7) is 2.19. The standard InChI is InChI=1S/C15H19N3O4/c1-8(7-17-15(21)16-2)12-10-6-9(22-3)4-5-11(10)18-13(12)14(19)20/h4-6,8,18H,7H2,1-3H3,(H,19,20)(H2,16,17,21). The fourth-order valence-corrected chi connectivity index (χ4v) is 2.44. The van der Waals surface area contributed by atoms with Gasteiger partial charge in [0.1, 0.15) is 11.4 Å². The number of methoxy groups -OCH3 is 1. The van der Waals surface area contributed by atoms with E-state index >= 15 is 0 Å². The maximum atomic E-state index is 11.5. The minimum absolute atomic E-state index is 0.134. The molecule has 0 spiro atoms. The molecule has 1 aromatic carbocycles. The van der Waals surface area contributed by atoms with Crippen molar-refractivity contribution in [3.63, 3.8) is 0 Å². The van der Waals surface area contributed by atoms with Crippen molar-refractivity contribution in [2.45, 2.75) is 12.8 Å². The van der Waals surface area contributed by atoms with E-state index in [0.717, 1.165) is 10.9 Å². The van der Waals surface area contributed by atoms with Gasteiger partial charge in [0.25, 0.3) is 0 Å². The van der Waals surface area contributed by atoms with Gasteiger partial charge in [-0.1, -0.05) is 6.92 Å². The fourth-order valence-electron chi connectivity index (χ4n) is 2.44. The van der Waals surface area contributed by atoms with Crippen molar-refractivity contribution < 1.29 is 19.4 Å². The van der Waals surface area contributed by atoms with Gasteiger partial charge in [0.15, 0.2) is 0 Å². The van der Waals surface area contributed by atoms with E-state index in [-0.39, 0.29) is 17.6 Å². The van der Waals surface area contributed by atoms with Crippen molar-refractivity contribution in [2.75, 3.05) is 20.7 Å². The van der Waals surface area contributed by atoms with E-state index in [1.807, 2.05) is 6.92 Å². The van der Waals surface area contributed by atoms with Crippen molar-refractivity contribution in [3.05, 3.63) is 29.5 Å². The summed E-state index contributed by atoms with van der Waals surface area (Å²) in [7, 11) is 3.08. The number of urea groups is 1. The summed E-state index contributed by atoms with van der Waals surface area (Å²) >= 11 is 0. The Balaban J connectivity index is 2.45. The lowest BCUT2D eigenvalue weighted by molar-refractivity contribution is 0.0690. The Bertz CT molecular complexity index is 708. The number of carbonyl (C=O) groups is 2. The van der Waals surface area contributed by atoms with Gasteiger partial charge in [-0.05, 0) is 23.8 Å². The number of benzene rings is 1. The third kappa shape index (κ3) is 2.98. The van der Waals surface area contributed by atoms with Gasteiger partial charge in [0, 0.05) is 30.4 Å². The Morgan fingerprint density at radius 1 is 1.41 bits per heavy atom. The van der Waals surface area contributed by atoms with E-state index in [1.165, 1.54) is 7.05 Å². The molecule has 1 heterocycles. The smallest absolute Gasteiger partial charge is 0.352 e. The van der Waals surface area contributed by atoms with Crippen LogP contribution in [0.15, 0.2) is 18.2 Å². The molecular formula is C15H19N3O4. The Hall–Kier alpha value is -2.70. The van der Waals surface area contributed by atoms with Crippen LogP contribution in [0.5, 0.6) is 5.75 Å². The van der Waals surface area contributed by atoms with Crippen LogP contribution >= 0.6 is 0 Å². The van der Waals surface area contributed by atoms with Gasteiger partial charge < -0.3 is 25.5 Å². The van der Waals surface area contributed by atoms with Crippen LogP contribution in [0, 0.1) is 0 Å². The zero-order valence-corrected chi connectivity index (χ0v) is 12.7. The van der Waals surface area contributed by atoms with E-state index in [1.54, 1.807) is 25.3 Å². The third-order valence-corrected chi connectivity index (χ3v) is 3.55. The molecule has 7 nitrogen and oxygen atoms in total. The van der Waals surface area contributed by atoms with Crippen LogP contribution in [0.3, 0.4) is 0 Å². The van der Waals surface area contributed by atoms with Crippen molar-refractivity contribution in [2.24, 2.45) is 0 Å². The predicted octanol–water partition coefficient (Wildman–Crippen LogP) is 1.91. The van der Waals surface area contributed by atoms with E-state index in [2.05, 4.69) is 15.6 Å². The van der Waals surface area contributed by atoms with Gasteiger partial charge in [0.2, 0.25) is 0 Å². The molecule has 7 heteroatoms. The fraction of sp³-hybridized carbons (Fsp3) is 0.333. The van der Waals surface area contributed by atoms with Crippen LogP contribution in [-0.4, -0.2) is 42.8 Å². The maximum Gasteiger partial charge on any atom is 0.352 e. The SMILES string of the molecule is CNC(=O)NCC(C)c1c(C(=O)O)[nH]c2ccc(OC)cc12. The number of carboxylic acids is 1. The molecule has 0 aliphatic heterocycles. The quantitative estimate of drug-likeness (QED) is 0.677. The number of rotatable bonds is 5. The number of aromatic carboxylic acids is 1. The maximum absolute atomic E-state index is 11.5. The summed E-state index contributed by atoms with van der Waals surface area (Å²) in [6, 6.07) is 5.04. The zero-order valence-electron chi connectivity index (χ0n) is 12.7. The number of fused-ring (bicyclic) bond motifs is 1. The Morgan fingerprint density at radius 3 is 2.73 bits per heavy atom. The van der Waals surface area contributed by atoms with E-state index in [9.17, 15) is 14.7 Å². The molecular weight excluding hydrogens is 286 g/mol. The second-order valence-corrected chi connectivity index (χ2v) is 4.99. The van der Waals surface area contributed by atoms with Gasteiger partial charge in [0.05, 0.1) is 7.11 Å². The number of nitrogens with one attached hydrogen (secondary N) is 3. The molecule has 0 saturated heterocycles. The molecule has 1 aromatic heterocycles. The largest absolute Gasteiger partial charge is 0.497 e. The molecule has 0 saturated carbocycles. The van der Waals surface area contributed by atoms with E-state index in [0.29, 0.717) is 17.9 Å². The number of amides is 2. The third-order valence-electron chi connectivity index (χ3n) is 3.55. The first-order valence-electron chi connectivity index (χ1n) is 6.86. The lowest BCUT2D eigenvalue weighted by Gasteiger charge is -2.13. The van der Waals surface area contributed by atoms with Crippen LogP contribution < -0.4 is 15.4 Å². The Labute approximate surface area is 127 Å². The molecule has 2 rings (SSSR count). The van der Waals surface area contributed by atoms with Crippen LogP contribution in [-0.2, 0) is 0 Å². The Morgan fingerprint density at radius 2 is 2.14 bits per heavy atom. The second kappa shape index (κ2) is 6.38. The molecule has 2 aromatic rings. The number of H-pyrrole nitrogens is 1. The minimum atomic E-state index is -1.03. The summed E-state index contributed by atoms with van der Waals surface area (Å²) in [5, 5.41) is 15.3. The first-order chi connectivity index (χ1) is 10.5. The molecule has 0 aliphatic carbocycles. The molecule has 22 heavy (non-hydrogen) atoms. The molecule has 2 amide bonds.